The molecule has 0 unspecified atom stereocenters. The Balaban J connectivity index is 1.93. The number of nitrogens with one attached hydrogen (secondary N) is 1. The van der Waals surface area contributed by atoms with E-state index in [1.54, 1.807) is 6.20 Å². The largest absolute Gasteiger partial charge is 0.324 e. The fourth-order valence-corrected chi connectivity index (χ4v) is 2.72. The third-order valence-corrected chi connectivity index (χ3v) is 4.01. The number of imidazole rings is 1. The first-order valence-corrected chi connectivity index (χ1v) is 9.36. The van der Waals surface area contributed by atoms with Crippen LogP contribution in [0.5, 0.6) is 0 Å². The van der Waals surface area contributed by atoms with Gasteiger partial charge < -0.3 is 9.88 Å². The lowest BCUT2D eigenvalue weighted by Gasteiger charge is -2.13. The van der Waals surface area contributed by atoms with E-state index in [1.807, 2.05) is 42.6 Å². The van der Waals surface area contributed by atoms with Crippen LogP contribution in [-0.4, -0.2) is 19.5 Å². The molecule has 0 saturated carbocycles. The van der Waals surface area contributed by atoms with Crippen LogP contribution < -0.4 is 5.32 Å². The van der Waals surface area contributed by atoms with Gasteiger partial charge in [-0.25, -0.2) is 15.0 Å². The quantitative estimate of drug-likeness (QED) is 0.625. The van der Waals surface area contributed by atoms with Crippen LogP contribution >= 0.6 is 0 Å². The van der Waals surface area contributed by atoms with Crippen molar-refractivity contribution in [1.82, 2.24) is 19.5 Å². The van der Waals surface area contributed by atoms with E-state index < -0.39 is 0 Å². The number of allylic oxidation sites excluding steroid dienone is 1. The molecular weight excluding hydrogens is 334 g/mol. The smallest absolute Gasteiger partial charge is 0.227 e. The lowest BCUT2D eigenvalue weighted by Crippen LogP contribution is -2.05. The zero-order valence-corrected chi connectivity index (χ0v) is 16.5. The third kappa shape index (κ3) is 5.03. The number of nitrogens with zero attached hydrogens (tertiary/aromatic N) is 4. The van der Waals surface area contributed by atoms with Gasteiger partial charge in [0.05, 0.1) is 17.6 Å². The van der Waals surface area contributed by atoms with Gasteiger partial charge in [-0.3, -0.25) is 0 Å². The maximum absolute atomic E-state index is 4.70. The number of para-hydroxylation sites is 1. The molecule has 2 heterocycles. The molecule has 0 aliphatic heterocycles. The summed E-state index contributed by atoms with van der Waals surface area (Å²) in [6.07, 6.45) is 8.99. The molecule has 3 rings (SSSR count). The Morgan fingerprint density at radius 2 is 1.85 bits per heavy atom. The molecule has 0 radical (unpaired) electrons. The Labute approximate surface area is 161 Å². The number of hydrogen-bond acceptors (Lipinski definition) is 4. The molecule has 0 bridgehead atoms. The van der Waals surface area contributed by atoms with Crippen LogP contribution in [0, 0.1) is 5.41 Å². The van der Waals surface area contributed by atoms with Crippen molar-refractivity contribution in [3.63, 3.8) is 0 Å². The van der Waals surface area contributed by atoms with Gasteiger partial charge in [0, 0.05) is 18.4 Å². The van der Waals surface area contributed by atoms with Crippen LogP contribution in [0.25, 0.3) is 17.5 Å². The van der Waals surface area contributed by atoms with E-state index in [4.69, 9.17) is 4.98 Å². The highest BCUT2D eigenvalue weighted by atomic mass is 15.1. The van der Waals surface area contributed by atoms with Gasteiger partial charge in [0.25, 0.3) is 0 Å². The van der Waals surface area contributed by atoms with Crippen molar-refractivity contribution in [3.05, 3.63) is 60.7 Å². The van der Waals surface area contributed by atoms with Gasteiger partial charge in [-0.1, -0.05) is 52.0 Å². The molecule has 5 heteroatoms. The fraction of sp³-hybridized carbons (Fsp3) is 0.318. The first-order valence-electron chi connectivity index (χ1n) is 9.36. The van der Waals surface area contributed by atoms with Crippen LogP contribution in [0.4, 0.5) is 11.6 Å². The highest BCUT2D eigenvalue weighted by Crippen LogP contribution is 2.23. The average molecular weight is 361 g/mol. The molecule has 2 aromatic heterocycles. The maximum Gasteiger partial charge on any atom is 0.227 e. The lowest BCUT2D eigenvalue weighted by molar-refractivity contribution is 0.546. The van der Waals surface area contributed by atoms with E-state index in [9.17, 15) is 0 Å². The van der Waals surface area contributed by atoms with Crippen molar-refractivity contribution < 1.29 is 0 Å². The zero-order valence-electron chi connectivity index (χ0n) is 16.5. The predicted octanol–water partition coefficient (Wildman–Crippen LogP) is 5.55. The summed E-state index contributed by atoms with van der Waals surface area (Å²) in [5.41, 5.74) is 2.94. The Hall–Kier alpha value is -2.95. The maximum atomic E-state index is 4.70. The van der Waals surface area contributed by atoms with Crippen LogP contribution in [0.1, 0.15) is 39.9 Å². The highest BCUT2D eigenvalue weighted by molar-refractivity contribution is 5.61. The van der Waals surface area contributed by atoms with E-state index in [2.05, 4.69) is 59.7 Å². The summed E-state index contributed by atoms with van der Waals surface area (Å²) in [6, 6.07) is 11.9. The second-order valence-corrected chi connectivity index (χ2v) is 7.61. The Bertz CT molecular complexity index is 904. The minimum atomic E-state index is 0.116. The van der Waals surface area contributed by atoms with Crippen molar-refractivity contribution >= 4 is 17.7 Å². The molecule has 0 aliphatic rings. The molecule has 0 amide bonds. The van der Waals surface area contributed by atoms with Gasteiger partial charge in [0.15, 0.2) is 0 Å². The Morgan fingerprint density at radius 3 is 2.56 bits per heavy atom. The summed E-state index contributed by atoms with van der Waals surface area (Å²) in [4.78, 5) is 13.7. The van der Waals surface area contributed by atoms with Gasteiger partial charge in [-0.05, 0) is 36.1 Å². The predicted molar refractivity (Wildman–Crippen MR) is 112 cm³/mol. The summed E-state index contributed by atoms with van der Waals surface area (Å²) in [6.45, 7) is 9.62. The topological polar surface area (TPSA) is 55.6 Å². The van der Waals surface area contributed by atoms with Gasteiger partial charge in [-0.15, -0.1) is 0 Å². The Morgan fingerprint density at radius 1 is 1.07 bits per heavy atom. The average Bonchev–Trinajstić information content (AvgIpc) is 3.04. The molecule has 0 fully saturated rings. The van der Waals surface area contributed by atoms with Gasteiger partial charge >= 0.3 is 0 Å². The summed E-state index contributed by atoms with van der Waals surface area (Å²) < 4.78 is 2.22. The molecule has 0 aliphatic carbocycles. The number of hydrogen-bond donors (Lipinski definition) is 1. The van der Waals surface area contributed by atoms with E-state index in [1.165, 1.54) is 0 Å². The molecule has 3 aromatic rings. The number of benzene rings is 1. The molecule has 1 N–H and O–H groups in total. The minimum Gasteiger partial charge on any atom is -0.324 e. The van der Waals surface area contributed by atoms with Crippen LogP contribution in [0.2, 0.25) is 0 Å². The third-order valence-electron chi connectivity index (χ3n) is 4.01. The van der Waals surface area contributed by atoms with E-state index in [0.717, 1.165) is 35.9 Å². The second-order valence-electron chi connectivity index (χ2n) is 7.61. The molecule has 27 heavy (non-hydrogen) atoms. The highest BCUT2D eigenvalue weighted by Gasteiger charge is 2.13. The molecule has 0 atom stereocenters. The molecular formula is C22H27N5. The van der Waals surface area contributed by atoms with Gasteiger partial charge in [-0.2, -0.15) is 0 Å². The van der Waals surface area contributed by atoms with Crippen molar-refractivity contribution in [3.8, 4) is 11.4 Å². The molecule has 5 nitrogen and oxygen atoms in total. The van der Waals surface area contributed by atoms with Crippen molar-refractivity contribution in [2.75, 3.05) is 5.32 Å². The first kappa shape index (κ1) is 18.8. The zero-order chi connectivity index (χ0) is 19.3. The van der Waals surface area contributed by atoms with Crippen molar-refractivity contribution in [1.29, 1.82) is 0 Å². The van der Waals surface area contributed by atoms with E-state index in [-0.39, 0.29) is 5.41 Å². The number of rotatable bonds is 6. The number of aromatic nitrogens is 4. The summed E-state index contributed by atoms with van der Waals surface area (Å²) in [5, 5.41) is 3.25. The fourth-order valence-electron chi connectivity index (χ4n) is 2.72. The van der Waals surface area contributed by atoms with Crippen LogP contribution in [0.3, 0.4) is 0 Å². The van der Waals surface area contributed by atoms with Crippen molar-refractivity contribution in [2.24, 2.45) is 5.41 Å². The second kappa shape index (κ2) is 8.16. The minimum absolute atomic E-state index is 0.116. The monoisotopic (exact) mass is 361 g/mol. The Kier molecular flexibility index (Phi) is 5.69. The standard InChI is InChI=1S/C22H27N5/c1-5-15-27-19(16-24-20(27)11-13-22(2,3)4)18-12-14-23-21(26-18)25-17-9-7-6-8-10-17/h6-14,16H,5,15H2,1-4H3,(H,23,25,26). The summed E-state index contributed by atoms with van der Waals surface area (Å²) in [7, 11) is 0. The van der Waals surface area contributed by atoms with Gasteiger partial charge in [0.1, 0.15) is 5.82 Å². The van der Waals surface area contributed by atoms with Crippen molar-refractivity contribution in [2.45, 2.75) is 40.7 Å². The lowest BCUT2D eigenvalue weighted by atomic mass is 9.96. The number of anilines is 2. The SMILES string of the molecule is CCCn1c(-c2ccnc(Nc3ccccc3)n2)cnc1C=CC(C)(C)C. The van der Waals surface area contributed by atoms with Crippen LogP contribution in [0.15, 0.2) is 54.9 Å². The van der Waals surface area contributed by atoms with E-state index >= 15 is 0 Å². The normalized spacial score (nSPS) is 11.9. The molecule has 0 saturated heterocycles. The molecule has 1 aromatic carbocycles. The molecule has 140 valence electrons. The van der Waals surface area contributed by atoms with Gasteiger partial charge in [0.2, 0.25) is 5.95 Å². The first-order chi connectivity index (χ1) is 13.0. The van der Waals surface area contributed by atoms with Crippen LogP contribution in [-0.2, 0) is 6.54 Å². The summed E-state index contributed by atoms with van der Waals surface area (Å²) >= 11 is 0. The summed E-state index contributed by atoms with van der Waals surface area (Å²) in [5.74, 6) is 1.53. The molecule has 0 spiro atoms. The van der Waals surface area contributed by atoms with E-state index in [0.29, 0.717) is 5.95 Å².